The topological polar surface area (TPSA) is 62.5 Å². The molecule has 1 atom stereocenters. The van der Waals surface area contributed by atoms with E-state index < -0.39 is 12.0 Å². The average Bonchev–Trinajstić information content (AvgIpc) is 2.96. The fraction of sp³-hybridized carbons (Fsp3) is 0.500. The summed E-state index contributed by atoms with van der Waals surface area (Å²) < 4.78 is 1.83. The van der Waals surface area contributed by atoms with Crippen LogP contribution in [0.2, 0.25) is 0 Å². The lowest BCUT2D eigenvalue weighted by atomic mass is 10.2. The summed E-state index contributed by atoms with van der Waals surface area (Å²) in [7, 11) is 0. The number of carboxylic acid groups (broad SMARTS) is 1. The molecule has 1 aliphatic rings. The van der Waals surface area contributed by atoms with Gasteiger partial charge in [0, 0.05) is 19.3 Å². The number of amides is 1. The van der Waals surface area contributed by atoms with Crippen molar-refractivity contribution in [3.63, 3.8) is 0 Å². The zero-order valence-electron chi connectivity index (χ0n) is 9.80. The number of rotatable bonds is 3. The number of carbonyl (C=O) groups is 2. The van der Waals surface area contributed by atoms with Crippen LogP contribution in [0.5, 0.6) is 0 Å². The maximum atomic E-state index is 12.2. The van der Waals surface area contributed by atoms with Gasteiger partial charge >= 0.3 is 5.97 Å². The molecular formula is C12H16N2O3. The normalized spacial score (nSPS) is 19.6. The molecule has 0 bridgehead atoms. The summed E-state index contributed by atoms with van der Waals surface area (Å²) >= 11 is 0. The van der Waals surface area contributed by atoms with E-state index in [1.807, 2.05) is 23.8 Å². The Morgan fingerprint density at radius 3 is 2.94 bits per heavy atom. The molecule has 0 unspecified atom stereocenters. The van der Waals surface area contributed by atoms with Crippen molar-refractivity contribution in [2.75, 3.05) is 6.54 Å². The van der Waals surface area contributed by atoms with Gasteiger partial charge in [-0.2, -0.15) is 0 Å². The molecule has 1 aliphatic heterocycles. The van der Waals surface area contributed by atoms with E-state index in [9.17, 15) is 9.59 Å². The van der Waals surface area contributed by atoms with E-state index in [0.717, 1.165) is 6.42 Å². The summed E-state index contributed by atoms with van der Waals surface area (Å²) in [5.41, 5.74) is 0.570. The highest BCUT2D eigenvalue weighted by atomic mass is 16.4. The fourth-order valence-electron chi connectivity index (χ4n) is 2.30. The van der Waals surface area contributed by atoms with Gasteiger partial charge in [0.25, 0.3) is 5.91 Å². The Morgan fingerprint density at radius 1 is 1.53 bits per heavy atom. The number of hydrogen-bond acceptors (Lipinski definition) is 2. The predicted molar refractivity (Wildman–Crippen MR) is 61.8 cm³/mol. The minimum absolute atomic E-state index is 0.179. The van der Waals surface area contributed by atoms with Gasteiger partial charge in [0.2, 0.25) is 0 Å². The van der Waals surface area contributed by atoms with Crippen LogP contribution >= 0.6 is 0 Å². The lowest BCUT2D eigenvalue weighted by Crippen LogP contribution is -2.41. The van der Waals surface area contributed by atoms with Gasteiger partial charge in [-0.1, -0.05) is 0 Å². The first kappa shape index (κ1) is 11.7. The van der Waals surface area contributed by atoms with Gasteiger partial charge in [-0.05, 0) is 31.9 Å². The molecule has 1 aromatic heterocycles. The monoisotopic (exact) mass is 236 g/mol. The maximum absolute atomic E-state index is 12.2. The Labute approximate surface area is 99.6 Å². The van der Waals surface area contributed by atoms with Crippen LogP contribution in [0.25, 0.3) is 0 Å². The summed E-state index contributed by atoms with van der Waals surface area (Å²) in [6.07, 6.45) is 3.14. The molecule has 0 aromatic carbocycles. The number of likely N-dealkylation sites (tertiary alicyclic amines) is 1. The SMILES string of the molecule is CCn1cccc1C(=O)N1CCC[C@@H]1C(=O)O. The zero-order valence-corrected chi connectivity index (χ0v) is 9.80. The first-order valence-corrected chi connectivity index (χ1v) is 5.84. The first-order valence-electron chi connectivity index (χ1n) is 5.84. The quantitative estimate of drug-likeness (QED) is 0.857. The second-order valence-electron chi connectivity index (χ2n) is 4.17. The number of aliphatic carboxylic acids is 1. The van der Waals surface area contributed by atoms with Gasteiger partial charge in [0.15, 0.2) is 0 Å². The van der Waals surface area contributed by atoms with Crippen LogP contribution in [0.1, 0.15) is 30.3 Å². The van der Waals surface area contributed by atoms with E-state index in [1.165, 1.54) is 4.90 Å². The van der Waals surface area contributed by atoms with Crippen LogP contribution in [0, 0.1) is 0 Å². The Balaban J connectivity index is 2.23. The van der Waals surface area contributed by atoms with Gasteiger partial charge in [-0.3, -0.25) is 4.79 Å². The number of hydrogen-bond donors (Lipinski definition) is 1. The molecular weight excluding hydrogens is 220 g/mol. The van der Waals surface area contributed by atoms with Crippen molar-refractivity contribution in [2.24, 2.45) is 0 Å². The second kappa shape index (κ2) is 4.61. The van der Waals surface area contributed by atoms with Crippen molar-refractivity contribution in [1.29, 1.82) is 0 Å². The Morgan fingerprint density at radius 2 is 2.29 bits per heavy atom. The van der Waals surface area contributed by atoms with Crippen molar-refractivity contribution in [1.82, 2.24) is 9.47 Å². The number of carboxylic acids is 1. The van der Waals surface area contributed by atoms with E-state index in [4.69, 9.17) is 5.11 Å². The van der Waals surface area contributed by atoms with Crippen molar-refractivity contribution in [3.8, 4) is 0 Å². The minimum Gasteiger partial charge on any atom is -0.480 e. The highest BCUT2D eigenvalue weighted by Gasteiger charge is 2.35. The minimum atomic E-state index is -0.912. The molecule has 5 nitrogen and oxygen atoms in total. The molecule has 0 spiro atoms. The third-order valence-corrected chi connectivity index (χ3v) is 3.19. The van der Waals surface area contributed by atoms with Crippen LogP contribution in [0.3, 0.4) is 0 Å². The second-order valence-corrected chi connectivity index (χ2v) is 4.17. The van der Waals surface area contributed by atoms with Crippen LogP contribution < -0.4 is 0 Å². The average molecular weight is 236 g/mol. The number of aromatic nitrogens is 1. The van der Waals surface area contributed by atoms with Gasteiger partial charge in [0.05, 0.1) is 0 Å². The molecule has 0 saturated carbocycles. The van der Waals surface area contributed by atoms with Crippen molar-refractivity contribution >= 4 is 11.9 Å². The summed E-state index contributed by atoms with van der Waals surface area (Å²) in [5, 5.41) is 9.06. The lowest BCUT2D eigenvalue weighted by molar-refractivity contribution is -0.141. The Hall–Kier alpha value is -1.78. The van der Waals surface area contributed by atoms with Gasteiger partial charge in [-0.15, -0.1) is 0 Å². The lowest BCUT2D eigenvalue weighted by Gasteiger charge is -2.21. The highest BCUT2D eigenvalue weighted by molar-refractivity contribution is 5.95. The van der Waals surface area contributed by atoms with Crippen molar-refractivity contribution < 1.29 is 14.7 Å². The maximum Gasteiger partial charge on any atom is 0.326 e. The molecule has 1 aromatic rings. The number of carbonyl (C=O) groups excluding carboxylic acids is 1. The zero-order chi connectivity index (χ0) is 12.4. The van der Waals surface area contributed by atoms with Crippen LogP contribution in [0.15, 0.2) is 18.3 Å². The van der Waals surface area contributed by atoms with Crippen molar-refractivity contribution in [2.45, 2.75) is 32.4 Å². The molecule has 1 N–H and O–H groups in total. The predicted octanol–water partition coefficient (Wildman–Crippen LogP) is 1.20. The van der Waals surface area contributed by atoms with Crippen LogP contribution in [0.4, 0.5) is 0 Å². The molecule has 92 valence electrons. The Kier molecular flexibility index (Phi) is 3.17. The molecule has 0 aliphatic carbocycles. The van der Waals surface area contributed by atoms with E-state index in [-0.39, 0.29) is 5.91 Å². The van der Waals surface area contributed by atoms with Gasteiger partial charge in [0.1, 0.15) is 11.7 Å². The summed E-state index contributed by atoms with van der Waals surface area (Å²) in [5.74, 6) is -1.09. The smallest absolute Gasteiger partial charge is 0.326 e. The molecule has 2 heterocycles. The van der Waals surface area contributed by atoms with E-state index in [0.29, 0.717) is 25.2 Å². The number of aryl methyl sites for hydroxylation is 1. The molecule has 1 saturated heterocycles. The molecule has 1 fully saturated rings. The largest absolute Gasteiger partial charge is 0.480 e. The molecule has 2 rings (SSSR count). The summed E-state index contributed by atoms with van der Waals surface area (Å²) in [6, 6.07) is 2.88. The molecule has 5 heteroatoms. The number of nitrogens with zero attached hydrogens (tertiary/aromatic N) is 2. The van der Waals surface area contributed by atoms with Crippen molar-refractivity contribution in [3.05, 3.63) is 24.0 Å². The summed E-state index contributed by atoms with van der Waals surface area (Å²) in [6.45, 7) is 3.19. The van der Waals surface area contributed by atoms with Crippen LogP contribution in [-0.4, -0.2) is 39.0 Å². The standard InChI is InChI=1S/C12H16N2O3/c1-2-13-7-3-5-9(13)11(15)14-8-4-6-10(14)12(16)17/h3,5,7,10H,2,4,6,8H2,1H3,(H,16,17)/t10-/m1/s1. The van der Waals surface area contributed by atoms with Crippen LogP contribution in [-0.2, 0) is 11.3 Å². The molecule has 17 heavy (non-hydrogen) atoms. The van der Waals surface area contributed by atoms with Gasteiger partial charge < -0.3 is 14.6 Å². The van der Waals surface area contributed by atoms with E-state index in [1.54, 1.807) is 6.07 Å². The molecule has 1 amide bonds. The molecule has 0 radical (unpaired) electrons. The van der Waals surface area contributed by atoms with E-state index >= 15 is 0 Å². The third kappa shape index (κ3) is 2.05. The fourth-order valence-corrected chi connectivity index (χ4v) is 2.30. The Bertz CT molecular complexity index is 439. The van der Waals surface area contributed by atoms with Gasteiger partial charge in [-0.25, -0.2) is 4.79 Å². The summed E-state index contributed by atoms with van der Waals surface area (Å²) in [4.78, 5) is 24.7. The van der Waals surface area contributed by atoms with E-state index in [2.05, 4.69) is 0 Å². The first-order chi connectivity index (χ1) is 8.15. The highest BCUT2D eigenvalue weighted by Crippen LogP contribution is 2.20. The third-order valence-electron chi connectivity index (χ3n) is 3.19.